The molecule has 0 bridgehead atoms. The maximum atomic E-state index is 5.73. The average molecular weight is 264 g/mol. The van der Waals surface area contributed by atoms with Crippen LogP contribution in [0.1, 0.15) is 32.6 Å². The zero-order chi connectivity index (χ0) is 8.04. The van der Waals surface area contributed by atoms with Crippen LogP contribution in [0.25, 0.3) is 0 Å². The Morgan fingerprint density at radius 3 is 2.00 bits per heavy atom. The van der Waals surface area contributed by atoms with Gasteiger partial charge in [-0.3, -0.25) is 0 Å². The Hall–Kier alpha value is 1.41. The zero-order valence-electron chi connectivity index (χ0n) is 6.17. The Bertz CT molecular complexity index is 79.6. The van der Waals surface area contributed by atoms with Gasteiger partial charge in [0.15, 0.2) is 0 Å². The molecule has 0 rings (SSSR count). The molecule has 0 nitrogen and oxygen atoms in total. The first-order valence-electron chi connectivity index (χ1n) is 3.63. The van der Waals surface area contributed by atoms with E-state index in [4.69, 9.17) is 30.0 Å². The van der Waals surface area contributed by atoms with Gasteiger partial charge in [-0.05, 0) is 0 Å². The first-order chi connectivity index (χ1) is 4.56. The number of halogens is 3. The van der Waals surface area contributed by atoms with Crippen molar-refractivity contribution in [2.24, 2.45) is 0 Å². The summed E-state index contributed by atoms with van der Waals surface area (Å²) in [6, 6.07) is 0. The van der Waals surface area contributed by atoms with Crippen LogP contribution in [0.5, 0.6) is 0 Å². The maximum absolute atomic E-state index is 5.73. The number of hydrogen-bond donors (Lipinski definition) is 0. The van der Waals surface area contributed by atoms with Gasteiger partial charge in [0.25, 0.3) is 0 Å². The van der Waals surface area contributed by atoms with Crippen molar-refractivity contribution in [1.29, 1.82) is 0 Å². The first kappa shape index (κ1) is 11.4. The molecule has 0 unspecified atom stereocenters. The Balaban J connectivity index is 3.04. The Morgan fingerprint density at radius 1 is 1.00 bits per heavy atom. The molecule has 0 spiro atoms. The van der Waals surface area contributed by atoms with E-state index in [9.17, 15) is 0 Å². The molecule has 0 aromatic rings. The number of hydrogen-bond acceptors (Lipinski definition) is 0. The number of rotatable bonds is 5. The van der Waals surface area contributed by atoms with Crippen molar-refractivity contribution in [3.05, 3.63) is 0 Å². The summed E-state index contributed by atoms with van der Waals surface area (Å²) in [4.78, 5) is 0. The molecule has 0 aliphatic rings. The average Bonchev–Trinajstić information content (AvgIpc) is 1.78. The van der Waals surface area contributed by atoms with Gasteiger partial charge in [-0.15, -0.1) is 0 Å². The van der Waals surface area contributed by atoms with Gasteiger partial charge in [-0.25, -0.2) is 0 Å². The van der Waals surface area contributed by atoms with Crippen molar-refractivity contribution in [2.45, 2.75) is 37.9 Å². The first-order valence-corrected chi connectivity index (χ1v) is 13.4. The molecule has 0 saturated heterocycles. The fraction of sp³-hybridized carbons (Fsp3) is 1.00. The van der Waals surface area contributed by atoms with Crippen molar-refractivity contribution in [3.63, 3.8) is 0 Å². The second kappa shape index (κ2) is 5.99. The van der Waals surface area contributed by atoms with Crippen LogP contribution in [0, 0.1) is 0 Å². The summed E-state index contributed by atoms with van der Waals surface area (Å²) in [5, 5.41) is 0.866. The van der Waals surface area contributed by atoms with Crippen LogP contribution in [0.3, 0.4) is 0 Å². The predicted octanol–water partition coefficient (Wildman–Crippen LogP) is 4.22. The van der Waals surface area contributed by atoms with E-state index >= 15 is 0 Å². The molecule has 0 amide bonds. The summed E-state index contributed by atoms with van der Waals surface area (Å²) < 4.78 is 0. The fourth-order valence-corrected chi connectivity index (χ4v) is 4.20. The van der Waals surface area contributed by atoms with Crippen LogP contribution in [0.2, 0.25) is 5.25 Å². The molecule has 4 heteroatoms. The monoisotopic (exact) mass is 264 g/mol. The van der Waals surface area contributed by atoms with Crippen molar-refractivity contribution >= 4 is 40.5 Å². The summed E-state index contributed by atoms with van der Waals surface area (Å²) in [5.41, 5.74) is 0. The topological polar surface area (TPSA) is 0 Å². The van der Waals surface area contributed by atoms with Crippen molar-refractivity contribution in [2.75, 3.05) is 0 Å². The molecular formula is C6H13Cl3Ge. The van der Waals surface area contributed by atoms with Crippen molar-refractivity contribution < 1.29 is 0 Å². The van der Waals surface area contributed by atoms with Gasteiger partial charge in [-0.2, -0.15) is 0 Å². The molecule has 0 saturated carbocycles. The quantitative estimate of drug-likeness (QED) is 0.515. The van der Waals surface area contributed by atoms with Crippen molar-refractivity contribution in [3.8, 4) is 0 Å². The molecule has 0 fully saturated rings. The molecule has 0 aliphatic heterocycles. The van der Waals surface area contributed by atoms with E-state index in [1.54, 1.807) is 0 Å². The standard InChI is InChI=1S/C6H13Cl3Ge/c1-2-3-4-5-6-10(7,8)9/h2-6H2,1H3. The van der Waals surface area contributed by atoms with E-state index in [0.717, 1.165) is 11.7 Å². The minimum atomic E-state index is -2.73. The van der Waals surface area contributed by atoms with Gasteiger partial charge in [0.05, 0.1) is 0 Å². The molecule has 0 aromatic carbocycles. The van der Waals surface area contributed by atoms with Crippen molar-refractivity contribution in [1.82, 2.24) is 0 Å². The van der Waals surface area contributed by atoms with E-state index in [1.165, 1.54) is 19.3 Å². The van der Waals surface area contributed by atoms with E-state index in [1.807, 2.05) is 0 Å². The van der Waals surface area contributed by atoms with Crippen LogP contribution in [-0.4, -0.2) is 10.5 Å². The van der Waals surface area contributed by atoms with Gasteiger partial charge in [0.1, 0.15) is 0 Å². The summed E-state index contributed by atoms with van der Waals surface area (Å²) in [6.45, 7) is 2.18. The predicted molar refractivity (Wildman–Crippen MR) is 52.3 cm³/mol. The molecule has 0 aromatic heterocycles. The van der Waals surface area contributed by atoms with E-state index in [0.29, 0.717) is 0 Å². The normalized spacial score (nSPS) is 12.0. The molecule has 10 heavy (non-hydrogen) atoms. The molecule has 0 heterocycles. The Kier molecular flexibility index (Phi) is 6.83. The van der Waals surface area contributed by atoms with Gasteiger partial charge >= 0.3 is 78.4 Å². The second-order valence-corrected chi connectivity index (χ2v) is 19.1. The van der Waals surface area contributed by atoms with Crippen LogP contribution < -0.4 is 0 Å². The zero-order valence-corrected chi connectivity index (χ0v) is 10.5. The fourth-order valence-electron chi connectivity index (χ4n) is 0.752. The van der Waals surface area contributed by atoms with E-state index in [-0.39, 0.29) is 0 Å². The molecule has 62 valence electrons. The van der Waals surface area contributed by atoms with Crippen LogP contribution in [0.4, 0.5) is 0 Å². The Labute approximate surface area is 78.1 Å². The summed E-state index contributed by atoms with van der Waals surface area (Å²) >= 11 is 0. The molecular weight excluding hydrogens is 251 g/mol. The molecule has 0 atom stereocenters. The molecule has 0 aliphatic carbocycles. The summed E-state index contributed by atoms with van der Waals surface area (Å²) in [7, 11) is 14.5. The summed E-state index contributed by atoms with van der Waals surface area (Å²) in [5.74, 6) is 0. The van der Waals surface area contributed by atoms with Gasteiger partial charge in [0, 0.05) is 0 Å². The van der Waals surface area contributed by atoms with Crippen LogP contribution in [-0.2, 0) is 0 Å². The molecule has 0 N–H and O–H groups in total. The second-order valence-electron chi connectivity index (χ2n) is 2.43. The SMILES string of the molecule is CCCCC[CH2][Ge]([Cl])([Cl])[Cl]. The third kappa shape index (κ3) is 9.41. The third-order valence-corrected chi connectivity index (χ3v) is 6.19. The van der Waals surface area contributed by atoms with Gasteiger partial charge < -0.3 is 0 Å². The molecule has 0 radical (unpaired) electrons. The van der Waals surface area contributed by atoms with Crippen LogP contribution in [0.15, 0.2) is 0 Å². The van der Waals surface area contributed by atoms with Gasteiger partial charge in [-0.1, -0.05) is 0 Å². The van der Waals surface area contributed by atoms with Gasteiger partial charge in [0.2, 0.25) is 0 Å². The van der Waals surface area contributed by atoms with Crippen LogP contribution >= 0.6 is 30.0 Å². The van der Waals surface area contributed by atoms with E-state index in [2.05, 4.69) is 6.92 Å². The summed E-state index contributed by atoms with van der Waals surface area (Å²) in [6.07, 6.45) is 4.83. The number of unbranched alkanes of at least 4 members (excludes halogenated alkanes) is 3. The minimum absolute atomic E-state index is 0.866. The third-order valence-electron chi connectivity index (χ3n) is 1.31. The van der Waals surface area contributed by atoms with E-state index < -0.39 is 10.5 Å². The Morgan fingerprint density at radius 2 is 1.60 bits per heavy atom.